The molecule has 102 valence electrons. The Kier molecular flexibility index (Phi) is 3.67. The van der Waals surface area contributed by atoms with Gasteiger partial charge in [-0.1, -0.05) is 12.1 Å². The lowest BCUT2D eigenvalue weighted by atomic mass is 10.2. The number of anilines is 1. The number of rotatable bonds is 2. The van der Waals surface area contributed by atoms with Gasteiger partial charge in [0.1, 0.15) is 0 Å². The van der Waals surface area contributed by atoms with Crippen molar-refractivity contribution >= 4 is 15.7 Å². The zero-order chi connectivity index (χ0) is 14.2. The van der Waals surface area contributed by atoms with E-state index in [0.29, 0.717) is 0 Å². The van der Waals surface area contributed by atoms with E-state index >= 15 is 0 Å². The fourth-order valence-corrected chi connectivity index (χ4v) is 1.89. The van der Waals surface area contributed by atoms with Crippen LogP contribution in [0.25, 0.3) is 0 Å². The Morgan fingerprint density at radius 1 is 1.06 bits per heavy atom. The Morgan fingerprint density at radius 2 is 1.56 bits per heavy atom. The number of nitrogens with one attached hydrogen (secondary N) is 1. The number of alkyl halides is 3. The molecule has 0 aliphatic carbocycles. The van der Waals surface area contributed by atoms with E-state index < -0.39 is 32.2 Å². The second kappa shape index (κ2) is 4.46. The third-order valence-corrected chi connectivity index (χ3v) is 4.38. The molecule has 18 heavy (non-hydrogen) atoms. The third kappa shape index (κ3) is 3.16. The molecule has 0 saturated carbocycles. The van der Waals surface area contributed by atoms with Gasteiger partial charge >= 0.3 is 6.18 Å². The molecule has 0 atom stereocenters. The van der Waals surface area contributed by atoms with E-state index in [9.17, 15) is 21.6 Å². The van der Waals surface area contributed by atoms with Crippen LogP contribution < -0.4 is 4.72 Å². The van der Waals surface area contributed by atoms with E-state index in [1.165, 1.54) is 32.9 Å². The Labute approximate surface area is 104 Å². The number of hydrogen-bond acceptors (Lipinski definition) is 2. The van der Waals surface area contributed by atoms with Crippen LogP contribution in [0, 0.1) is 0 Å². The maximum absolute atomic E-state index is 12.7. The van der Waals surface area contributed by atoms with E-state index in [4.69, 9.17) is 0 Å². The van der Waals surface area contributed by atoms with Gasteiger partial charge in [-0.15, -0.1) is 0 Å². The topological polar surface area (TPSA) is 46.2 Å². The quantitative estimate of drug-likeness (QED) is 0.904. The van der Waals surface area contributed by atoms with E-state index in [-0.39, 0.29) is 0 Å². The first-order valence-corrected chi connectivity index (χ1v) is 6.62. The molecule has 0 aromatic heterocycles. The molecule has 0 unspecified atom stereocenters. The first-order chi connectivity index (χ1) is 7.95. The number of sulfonamides is 1. The van der Waals surface area contributed by atoms with Crippen molar-refractivity contribution in [3.05, 3.63) is 29.8 Å². The summed E-state index contributed by atoms with van der Waals surface area (Å²) in [5.41, 5.74) is -1.46. The second-order valence-electron chi connectivity index (χ2n) is 4.76. The summed E-state index contributed by atoms with van der Waals surface area (Å²) in [4.78, 5) is 0. The monoisotopic (exact) mass is 281 g/mol. The molecule has 1 aromatic carbocycles. The minimum absolute atomic E-state index is 0.458. The van der Waals surface area contributed by atoms with E-state index in [0.717, 1.165) is 12.1 Å². The summed E-state index contributed by atoms with van der Waals surface area (Å²) >= 11 is 0. The van der Waals surface area contributed by atoms with Crippen LogP contribution in [-0.4, -0.2) is 13.2 Å². The summed E-state index contributed by atoms with van der Waals surface area (Å²) in [5, 5.41) is 0. The minimum Gasteiger partial charge on any atom is -0.283 e. The highest BCUT2D eigenvalue weighted by Gasteiger charge is 2.36. The summed E-state index contributed by atoms with van der Waals surface area (Å²) in [6, 6.07) is 4.47. The Morgan fingerprint density at radius 3 is 2.00 bits per heavy atom. The summed E-state index contributed by atoms with van der Waals surface area (Å²) in [6.07, 6.45) is -4.60. The molecule has 0 radical (unpaired) electrons. The molecule has 0 spiro atoms. The van der Waals surface area contributed by atoms with Crippen LogP contribution in [0.5, 0.6) is 0 Å². The SMILES string of the molecule is CC(C)(C)S(=O)(=O)Nc1ccccc1C(F)(F)F. The number of para-hydroxylation sites is 1. The van der Waals surface area contributed by atoms with Crippen molar-refractivity contribution in [1.82, 2.24) is 0 Å². The van der Waals surface area contributed by atoms with Gasteiger partial charge in [0.15, 0.2) is 0 Å². The molecule has 0 amide bonds. The van der Waals surface area contributed by atoms with Crippen molar-refractivity contribution in [2.75, 3.05) is 4.72 Å². The average Bonchev–Trinajstić information content (AvgIpc) is 2.14. The van der Waals surface area contributed by atoms with E-state index in [2.05, 4.69) is 0 Å². The van der Waals surface area contributed by atoms with Crippen molar-refractivity contribution in [2.24, 2.45) is 0 Å². The molecular formula is C11H14F3NO2S. The van der Waals surface area contributed by atoms with Crippen molar-refractivity contribution in [3.8, 4) is 0 Å². The van der Waals surface area contributed by atoms with Gasteiger partial charge in [-0.05, 0) is 32.9 Å². The summed E-state index contributed by atoms with van der Waals surface area (Å²) in [5.74, 6) is 0. The number of hydrogen-bond donors (Lipinski definition) is 1. The number of halogens is 3. The largest absolute Gasteiger partial charge is 0.418 e. The molecule has 0 fully saturated rings. The second-order valence-corrected chi connectivity index (χ2v) is 7.20. The molecule has 0 aliphatic heterocycles. The summed E-state index contributed by atoms with van der Waals surface area (Å²) in [7, 11) is -3.88. The molecule has 1 rings (SSSR count). The Bertz CT molecular complexity index is 530. The van der Waals surface area contributed by atoms with Crippen molar-refractivity contribution in [1.29, 1.82) is 0 Å². The highest BCUT2D eigenvalue weighted by atomic mass is 32.2. The molecule has 3 nitrogen and oxygen atoms in total. The summed E-state index contributed by atoms with van der Waals surface area (Å²) in [6.45, 7) is 4.22. The lowest BCUT2D eigenvalue weighted by Crippen LogP contribution is -2.34. The van der Waals surface area contributed by atoms with Crippen molar-refractivity contribution in [3.63, 3.8) is 0 Å². The molecule has 0 aliphatic rings. The summed E-state index contributed by atoms with van der Waals surface area (Å²) < 4.78 is 62.5. The van der Waals surface area contributed by atoms with Crippen LogP contribution in [0.1, 0.15) is 26.3 Å². The highest BCUT2D eigenvalue weighted by molar-refractivity contribution is 7.94. The van der Waals surface area contributed by atoms with Crippen LogP contribution in [0.2, 0.25) is 0 Å². The first-order valence-electron chi connectivity index (χ1n) is 5.14. The predicted octanol–water partition coefficient (Wildman–Crippen LogP) is 3.25. The zero-order valence-corrected chi connectivity index (χ0v) is 11.0. The van der Waals surface area contributed by atoms with Crippen molar-refractivity contribution in [2.45, 2.75) is 31.7 Å². The van der Waals surface area contributed by atoms with E-state index in [1.54, 1.807) is 0 Å². The van der Waals surface area contributed by atoms with Crippen LogP contribution in [0.15, 0.2) is 24.3 Å². The van der Waals surface area contributed by atoms with Crippen molar-refractivity contribution < 1.29 is 21.6 Å². The normalized spacial score (nSPS) is 13.4. The fourth-order valence-electron chi connectivity index (χ4n) is 1.12. The Balaban J connectivity index is 3.22. The zero-order valence-electron chi connectivity index (χ0n) is 10.2. The maximum atomic E-state index is 12.7. The maximum Gasteiger partial charge on any atom is 0.418 e. The first kappa shape index (κ1) is 14.8. The predicted molar refractivity (Wildman–Crippen MR) is 63.7 cm³/mol. The average molecular weight is 281 g/mol. The van der Waals surface area contributed by atoms with Gasteiger partial charge in [0.2, 0.25) is 10.0 Å². The van der Waals surface area contributed by atoms with Gasteiger partial charge in [-0.3, -0.25) is 4.72 Å². The molecule has 0 heterocycles. The van der Waals surface area contributed by atoms with Gasteiger partial charge in [-0.25, -0.2) is 8.42 Å². The molecule has 1 aromatic rings. The van der Waals surface area contributed by atoms with Crippen LogP contribution in [0.4, 0.5) is 18.9 Å². The highest BCUT2D eigenvalue weighted by Crippen LogP contribution is 2.35. The van der Waals surface area contributed by atoms with Gasteiger partial charge in [0.05, 0.1) is 16.0 Å². The molecule has 0 bridgehead atoms. The standard InChI is InChI=1S/C11H14F3NO2S/c1-10(2,3)18(16,17)15-9-7-5-4-6-8(9)11(12,13)14/h4-7,15H,1-3H3. The van der Waals surface area contributed by atoms with E-state index in [1.807, 2.05) is 4.72 Å². The Hall–Kier alpha value is -1.24. The smallest absolute Gasteiger partial charge is 0.283 e. The fraction of sp³-hybridized carbons (Fsp3) is 0.455. The van der Waals surface area contributed by atoms with Crippen LogP contribution in [-0.2, 0) is 16.2 Å². The van der Waals surface area contributed by atoms with Gasteiger partial charge in [0.25, 0.3) is 0 Å². The van der Waals surface area contributed by atoms with Gasteiger partial charge in [0, 0.05) is 0 Å². The van der Waals surface area contributed by atoms with Gasteiger partial charge in [-0.2, -0.15) is 13.2 Å². The third-order valence-electron chi connectivity index (χ3n) is 2.28. The molecule has 1 N–H and O–H groups in total. The lowest BCUT2D eigenvalue weighted by Gasteiger charge is -2.22. The lowest BCUT2D eigenvalue weighted by molar-refractivity contribution is -0.136. The minimum atomic E-state index is -4.60. The van der Waals surface area contributed by atoms with Gasteiger partial charge < -0.3 is 0 Å². The molecule has 0 saturated heterocycles. The van der Waals surface area contributed by atoms with Crippen LogP contribution >= 0.6 is 0 Å². The molecular weight excluding hydrogens is 267 g/mol. The number of benzene rings is 1. The molecule has 7 heteroatoms. The van der Waals surface area contributed by atoms with Crippen LogP contribution in [0.3, 0.4) is 0 Å².